The van der Waals surface area contributed by atoms with Gasteiger partial charge in [-0.25, -0.2) is 20.4 Å². The number of hydrogen-bond donors (Lipinski definition) is 2. The first kappa shape index (κ1) is 15.7. The summed E-state index contributed by atoms with van der Waals surface area (Å²) >= 11 is 0. The third kappa shape index (κ3) is 297. The molecule has 0 spiro atoms. The predicted molar refractivity (Wildman–Crippen MR) is 37.2 cm³/mol. The van der Waals surface area contributed by atoms with E-state index < -0.39 is 0 Å². The molecule has 0 amide bonds. The largest absolute Gasteiger partial charge is 0.231 e. The third-order valence-electron chi connectivity index (χ3n) is 0.167. The molecule has 0 saturated heterocycles. The van der Waals surface area contributed by atoms with Gasteiger partial charge in [0.15, 0.2) is 0 Å². The van der Waals surface area contributed by atoms with Gasteiger partial charge in [-0.05, 0) is 0 Å². The molecule has 0 rings (SSSR count). The van der Waals surface area contributed by atoms with Crippen LogP contribution in [0.3, 0.4) is 0 Å². The van der Waals surface area contributed by atoms with Gasteiger partial charge in [-0.15, -0.1) is 0 Å². The van der Waals surface area contributed by atoms with Gasteiger partial charge in [-0.3, -0.25) is 0 Å². The first-order valence-corrected chi connectivity index (χ1v) is 2.06. The number of nitrogens with one attached hydrogen (secondary N) is 2. The number of carbonyl (C=O) groups excluding carboxylic acids is 2. The lowest BCUT2D eigenvalue weighted by atomic mass is 10.6. The summed E-state index contributed by atoms with van der Waals surface area (Å²) in [7, 11) is 0. The fraction of sp³-hybridized carbons (Fsp3) is 0. The third-order valence-corrected chi connectivity index (χ3v) is 0.167. The van der Waals surface area contributed by atoms with E-state index in [1.165, 1.54) is 0 Å². The average molecular weight is 140 g/mol. The maximum atomic E-state index is 8.35. The van der Waals surface area contributed by atoms with Crippen molar-refractivity contribution >= 4 is 12.2 Å². The molecule has 4 nitrogen and oxygen atoms in total. The highest BCUT2D eigenvalue weighted by Gasteiger charge is 1.29. The Labute approximate surface area is 58.9 Å². The van der Waals surface area contributed by atoms with Gasteiger partial charge in [0.25, 0.3) is 0 Å². The summed E-state index contributed by atoms with van der Waals surface area (Å²) in [5, 5.41) is 10.8. The summed E-state index contributed by atoms with van der Waals surface area (Å²) in [6.07, 6.45) is 4.78. The number of hydrogen-bond acceptors (Lipinski definition) is 4. The molecule has 0 aliphatic rings. The second-order valence-corrected chi connectivity index (χ2v) is 0.676. The topological polar surface area (TPSA) is 81.8 Å². The lowest BCUT2D eigenvalue weighted by Crippen LogP contribution is -1.21. The van der Waals surface area contributed by atoms with Crippen molar-refractivity contribution in [2.45, 2.75) is 0 Å². The maximum absolute atomic E-state index is 8.35. The van der Waals surface area contributed by atoms with Crippen LogP contribution in [-0.2, 0) is 9.59 Å². The Hall–Kier alpha value is -1.76. The van der Waals surface area contributed by atoms with Crippen molar-refractivity contribution in [1.29, 1.82) is 10.8 Å². The van der Waals surface area contributed by atoms with Crippen molar-refractivity contribution < 1.29 is 9.59 Å². The molecule has 0 aliphatic carbocycles. The van der Waals surface area contributed by atoms with Crippen LogP contribution in [0.2, 0.25) is 0 Å². The highest BCUT2D eigenvalue weighted by Crippen LogP contribution is 1.52. The Morgan fingerprint density at radius 3 is 1.10 bits per heavy atom. The molecule has 0 radical (unpaired) electrons. The lowest BCUT2D eigenvalue weighted by Gasteiger charge is -1.44. The Bertz CT molecular complexity index is 122. The van der Waals surface area contributed by atoms with Crippen LogP contribution in [0.5, 0.6) is 0 Å². The van der Waals surface area contributed by atoms with Gasteiger partial charge >= 0.3 is 0 Å². The Morgan fingerprint density at radius 2 is 1.10 bits per heavy atom. The van der Waals surface area contributed by atoms with Crippen molar-refractivity contribution in [1.82, 2.24) is 0 Å². The van der Waals surface area contributed by atoms with Crippen LogP contribution in [0.1, 0.15) is 0 Å². The number of rotatable bonds is 1. The predicted octanol–water partition coefficient (Wildman–Crippen LogP) is 1.16. The standard InChI is InChI=1S/C4H6.2CHNO/c1-3-4-2;2*2-1-3/h3-4H,1-2H2;2*2H. The first-order valence-electron chi connectivity index (χ1n) is 2.06. The summed E-state index contributed by atoms with van der Waals surface area (Å²) in [5.74, 6) is 0. The zero-order valence-corrected chi connectivity index (χ0v) is 5.39. The van der Waals surface area contributed by atoms with E-state index in [1.54, 1.807) is 12.2 Å². The zero-order chi connectivity index (χ0) is 8.83. The van der Waals surface area contributed by atoms with E-state index in [9.17, 15) is 0 Å². The van der Waals surface area contributed by atoms with Crippen molar-refractivity contribution in [2.75, 3.05) is 0 Å². The highest BCUT2D eigenvalue weighted by molar-refractivity contribution is 5.26. The quantitative estimate of drug-likeness (QED) is 0.325. The maximum Gasteiger partial charge on any atom is 0.231 e. The summed E-state index contributed by atoms with van der Waals surface area (Å²) < 4.78 is 0. The Kier molecular flexibility index (Phi) is 88.4. The number of isocyanates is 2. The minimum Gasteiger partial charge on any atom is -0.222 e. The molecule has 0 heterocycles. The molecular weight excluding hydrogens is 132 g/mol. The molecule has 0 aromatic rings. The van der Waals surface area contributed by atoms with E-state index in [-0.39, 0.29) is 0 Å². The zero-order valence-electron chi connectivity index (χ0n) is 5.39. The van der Waals surface area contributed by atoms with Gasteiger partial charge in [0.1, 0.15) is 0 Å². The van der Waals surface area contributed by atoms with Gasteiger partial charge < -0.3 is 0 Å². The second-order valence-electron chi connectivity index (χ2n) is 0.676. The molecule has 2 N–H and O–H groups in total. The molecule has 0 bridgehead atoms. The van der Waals surface area contributed by atoms with Crippen molar-refractivity contribution in [3.63, 3.8) is 0 Å². The summed E-state index contributed by atoms with van der Waals surface area (Å²) in [4.78, 5) is 16.7. The first-order chi connectivity index (χ1) is 4.74. The smallest absolute Gasteiger partial charge is 0.222 e. The SMILES string of the molecule is C=CC=C.N=C=O.N=C=O. The molecule has 0 aromatic heterocycles. The molecule has 0 atom stereocenters. The number of allylic oxidation sites excluding steroid dienone is 2. The summed E-state index contributed by atoms with van der Waals surface area (Å²) in [6, 6.07) is 0. The van der Waals surface area contributed by atoms with Crippen LogP contribution in [0.4, 0.5) is 0 Å². The van der Waals surface area contributed by atoms with E-state index in [0.29, 0.717) is 0 Å². The van der Waals surface area contributed by atoms with Crippen molar-refractivity contribution in [3.8, 4) is 0 Å². The molecule has 4 heteroatoms. The molecule has 10 heavy (non-hydrogen) atoms. The van der Waals surface area contributed by atoms with Crippen LogP contribution in [0, 0.1) is 10.8 Å². The Balaban J connectivity index is -0.0000000750. The molecular formula is C6H8N2O2. The minimum atomic E-state index is 0.750. The summed E-state index contributed by atoms with van der Waals surface area (Å²) in [6.45, 7) is 6.72. The van der Waals surface area contributed by atoms with Gasteiger partial charge in [0.2, 0.25) is 12.2 Å². The van der Waals surface area contributed by atoms with Crippen molar-refractivity contribution in [3.05, 3.63) is 25.3 Å². The Morgan fingerprint density at radius 1 is 1.00 bits per heavy atom. The highest BCUT2D eigenvalue weighted by atomic mass is 16.1. The van der Waals surface area contributed by atoms with E-state index in [0.717, 1.165) is 12.2 Å². The van der Waals surface area contributed by atoms with Crippen LogP contribution in [0.25, 0.3) is 0 Å². The van der Waals surface area contributed by atoms with Crippen LogP contribution >= 0.6 is 0 Å². The second kappa shape index (κ2) is 56.2. The fourth-order valence-electron chi connectivity index (χ4n) is 0. The van der Waals surface area contributed by atoms with Gasteiger partial charge in [0, 0.05) is 0 Å². The lowest BCUT2D eigenvalue weighted by molar-refractivity contribution is 0.562. The molecule has 0 aromatic carbocycles. The normalized spacial score (nSPS) is 3.60. The monoisotopic (exact) mass is 140 g/mol. The van der Waals surface area contributed by atoms with Crippen LogP contribution in [0.15, 0.2) is 25.3 Å². The fourth-order valence-corrected chi connectivity index (χ4v) is 0. The van der Waals surface area contributed by atoms with Crippen LogP contribution < -0.4 is 0 Å². The molecule has 0 saturated carbocycles. The van der Waals surface area contributed by atoms with Gasteiger partial charge in [-0.1, -0.05) is 25.3 Å². The van der Waals surface area contributed by atoms with E-state index in [1.807, 2.05) is 0 Å². The van der Waals surface area contributed by atoms with E-state index in [4.69, 9.17) is 20.4 Å². The minimum absolute atomic E-state index is 0.750. The van der Waals surface area contributed by atoms with E-state index in [2.05, 4.69) is 13.2 Å². The van der Waals surface area contributed by atoms with E-state index >= 15 is 0 Å². The summed E-state index contributed by atoms with van der Waals surface area (Å²) in [5.41, 5.74) is 0. The molecule has 0 aliphatic heterocycles. The molecule has 0 unspecified atom stereocenters. The average Bonchev–Trinajstić information content (AvgIpc) is 1.91. The van der Waals surface area contributed by atoms with Gasteiger partial charge in [0.05, 0.1) is 0 Å². The van der Waals surface area contributed by atoms with Crippen LogP contribution in [-0.4, -0.2) is 12.2 Å². The molecule has 0 fully saturated rings. The molecule has 54 valence electrons. The van der Waals surface area contributed by atoms with Gasteiger partial charge in [-0.2, -0.15) is 0 Å². The van der Waals surface area contributed by atoms with Crippen molar-refractivity contribution in [2.24, 2.45) is 0 Å².